The number of rotatable bonds is 6. The van der Waals surface area contributed by atoms with Crippen LogP contribution >= 0.6 is 17.0 Å². The van der Waals surface area contributed by atoms with Crippen molar-refractivity contribution in [2.45, 2.75) is 72.0 Å². The van der Waals surface area contributed by atoms with Gasteiger partial charge in [0.25, 0.3) is 0 Å². The van der Waals surface area contributed by atoms with E-state index in [1.165, 1.54) is 24.3 Å². The second-order valence-electron chi connectivity index (χ2n) is 19.9. The molecule has 0 bridgehead atoms. The van der Waals surface area contributed by atoms with Crippen molar-refractivity contribution >= 4 is 27.8 Å². The zero-order valence-electron chi connectivity index (χ0n) is 35.4. The minimum absolute atomic E-state index is 0.130. The maximum absolute atomic E-state index is 14.5. The second-order valence-corrected chi connectivity index (χ2v) is 55.6. The Hall–Kier alpha value is -4.29. The van der Waals surface area contributed by atoms with Gasteiger partial charge in [0.05, 0.1) is 0 Å². The van der Waals surface area contributed by atoms with Gasteiger partial charge in [0.15, 0.2) is 0 Å². The molecule has 0 nitrogen and oxygen atoms in total. The van der Waals surface area contributed by atoms with Crippen LogP contribution in [0.25, 0.3) is 33.4 Å². The number of alkyl halides is 6. The van der Waals surface area contributed by atoms with Crippen LogP contribution < -0.4 is 6.54 Å². The SMILES string of the molecule is [CH2]=[Zr]([Cl])([Cl])([c]1ccc(C(F)(F)F)cc1)([c]1ccc(C(F)(F)F)cc1)([CH]1C=CC=C1)[CH]1c2cc(-c3ccccc3)c(C(C)(C)C)cc2-c2cc(C(C)(C)C)c(-c3ccccc3)cc21. The fourth-order valence-electron chi connectivity index (χ4n) is 10.7. The Morgan fingerprint density at radius 2 is 0.806 bits per heavy atom. The molecule has 8 rings (SSSR count). The Labute approximate surface area is 361 Å². The number of hydrogen-bond acceptors (Lipinski definition) is 0. The standard InChI is InChI=1S/C33H33.2C7H4F3.C5H5.CH2.2ClH.Zr/c1-32(2,3)30-20-26-24(18-28(30)22-13-9-7-10-14-22)17-25-19-29(23-15-11-8-12-16-23)31(21-27(25)26)33(4,5)6;2*8-7(9,10)6-4-2-1-3-5-6;1-2-4-5-3-1;;;;/h7-21H,1-6H3;2*2-5H;1-5H;1H2;2*1H;/q;;;;;;;+2/p-2. The van der Waals surface area contributed by atoms with Crippen molar-refractivity contribution in [3.63, 3.8) is 0 Å². The zero-order valence-corrected chi connectivity index (χ0v) is 39.4. The molecule has 0 N–H and O–H groups in total. The predicted octanol–water partition coefficient (Wildman–Crippen LogP) is 15.8. The Balaban J connectivity index is 1.67. The predicted molar refractivity (Wildman–Crippen MR) is 245 cm³/mol. The van der Waals surface area contributed by atoms with Crippen molar-refractivity contribution in [1.29, 1.82) is 0 Å². The number of hydrogen-bond donors (Lipinski definition) is 0. The first kappa shape index (κ1) is 44.3. The molecule has 0 unspecified atom stereocenters. The average molecular weight is 961 g/mol. The molecular formula is C53H48Cl2F6Zr. The first-order valence-electron chi connectivity index (χ1n) is 20.7. The van der Waals surface area contributed by atoms with Crippen molar-refractivity contribution in [2.24, 2.45) is 0 Å². The Bertz CT molecular complexity index is 2770. The number of fused-ring (bicyclic) bond motifs is 3. The summed E-state index contributed by atoms with van der Waals surface area (Å²) in [6.07, 6.45) is -2.26. The molecule has 0 aliphatic heterocycles. The molecule has 6 aromatic rings. The molecule has 0 saturated carbocycles. The molecule has 0 amide bonds. The van der Waals surface area contributed by atoms with Crippen LogP contribution in [-0.4, -0.2) is 4.21 Å². The van der Waals surface area contributed by atoms with Gasteiger partial charge < -0.3 is 0 Å². The molecule has 0 atom stereocenters. The van der Waals surface area contributed by atoms with Crippen molar-refractivity contribution in [3.05, 3.63) is 191 Å². The number of allylic oxidation sites excluding steroid dienone is 4. The molecule has 0 fully saturated rings. The van der Waals surface area contributed by atoms with E-state index in [9.17, 15) is 43.4 Å². The van der Waals surface area contributed by atoms with E-state index in [0.717, 1.165) is 68.8 Å². The monoisotopic (exact) mass is 958 g/mol. The van der Waals surface area contributed by atoms with Gasteiger partial charge in [-0.2, -0.15) is 0 Å². The third-order valence-electron chi connectivity index (χ3n) is 13.9. The van der Waals surface area contributed by atoms with Crippen molar-refractivity contribution in [1.82, 2.24) is 0 Å². The summed E-state index contributed by atoms with van der Waals surface area (Å²) in [6, 6.07) is 37.5. The van der Waals surface area contributed by atoms with Crippen LogP contribution in [0.1, 0.15) is 78.5 Å². The van der Waals surface area contributed by atoms with Crippen LogP contribution in [0, 0.1) is 0 Å². The van der Waals surface area contributed by atoms with Gasteiger partial charge in [-0.3, -0.25) is 0 Å². The first-order chi connectivity index (χ1) is 28.6. The molecule has 6 aromatic carbocycles. The molecule has 9 heteroatoms. The van der Waals surface area contributed by atoms with E-state index in [0.29, 0.717) is 11.1 Å². The van der Waals surface area contributed by atoms with E-state index in [4.69, 9.17) is 4.21 Å². The fraction of sp³-hybridized carbons (Fsp3) is 0.226. The zero-order chi connectivity index (χ0) is 45.0. The van der Waals surface area contributed by atoms with Gasteiger partial charge in [0, 0.05) is 0 Å². The van der Waals surface area contributed by atoms with Crippen LogP contribution in [0.2, 0.25) is 3.63 Å². The fourth-order valence-corrected chi connectivity index (χ4v) is 38.7. The molecule has 2 aliphatic carbocycles. The Morgan fingerprint density at radius 1 is 0.468 bits per heavy atom. The van der Waals surface area contributed by atoms with Gasteiger partial charge in [0.2, 0.25) is 0 Å². The minimum atomic E-state index is -8.26. The van der Waals surface area contributed by atoms with Gasteiger partial charge in [-0.15, -0.1) is 0 Å². The van der Waals surface area contributed by atoms with Gasteiger partial charge >= 0.3 is 364 Å². The van der Waals surface area contributed by atoms with Crippen molar-refractivity contribution in [3.8, 4) is 33.4 Å². The molecule has 0 spiro atoms. The van der Waals surface area contributed by atoms with Crippen LogP contribution in [0.15, 0.2) is 158 Å². The maximum atomic E-state index is 14.5. The summed E-state index contributed by atoms with van der Waals surface area (Å²) in [5, 5.41) is 0. The van der Waals surface area contributed by atoms with E-state index >= 15 is 0 Å². The summed E-state index contributed by atoms with van der Waals surface area (Å²) in [7, 11) is 18.4. The van der Waals surface area contributed by atoms with Gasteiger partial charge in [-0.1, -0.05) is 0 Å². The van der Waals surface area contributed by atoms with Gasteiger partial charge in [-0.25, -0.2) is 0 Å². The Kier molecular flexibility index (Phi) is 9.56. The van der Waals surface area contributed by atoms with Gasteiger partial charge in [-0.05, 0) is 0 Å². The molecule has 2 aliphatic rings. The Morgan fingerprint density at radius 3 is 1.11 bits per heavy atom. The van der Waals surface area contributed by atoms with Crippen molar-refractivity contribution in [2.75, 3.05) is 0 Å². The molecule has 62 heavy (non-hydrogen) atoms. The first-order valence-corrected chi connectivity index (χ1v) is 34.1. The van der Waals surface area contributed by atoms with E-state index < -0.39 is 43.7 Å². The van der Waals surface area contributed by atoms with E-state index in [1.54, 1.807) is 12.2 Å². The summed E-state index contributed by atoms with van der Waals surface area (Å²) < 4.78 is 90.2. The number of benzene rings is 6. The third kappa shape index (κ3) is 6.30. The summed E-state index contributed by atoms with van der Waals surface area (Å²) in [6.45, 7) is 12.9. The molecule has 320 valence electrons. The second kappa shape index (κ2) is 13.4. The molecule has 0 radical (unpaired) electrons. The third-order valence-corrected chi connectivity index (χ3v) is 46.9. The molecule has 0 heterocycles. The van der Waals surface area contributed by atoms with E-state index in [1.807, 2.05) is 72.8 Å². The topological polar surface area (TPSA) is 0 Å². The average Bonchev–Trinajstić information content (AvgIpc) is 3.89. The number of halogens is 8. The van der Waals surface area contributed by atoms with E-state index in [2.05, 4.69) is 65.8 Å². The summed E-state index contributed by atoms with van der Waals surface area (Å²) in [5.41, 5.74) is 6.10. The summed E-state index contributed by atoms with van der Waals surface area (Å²) in [4.78, 5) is 0. The van der Waals surface area contributed by atoms with Gasteiger partial charge in [0.1, 0.15) is 0 Å². The normalized spacial score (nSPS) is 16.6. The molecule has 0 saturated heterocycles. The molecular weight excluding hydrogens is 913 g/mol. The molecule has 0 aromatic heterocycles. The van der Waals surface area contributed by atoms with Crippen LogP contribution in [0.4, 0.5) is 26.3 Å². The van der Waals surface area contributed by atoms with Crippen molar-refractivity contribution < 1.29 is 39.3 Å². The van der Waals surface area contributed by atoms with E-state index in [-0.39, 0.29) is 17.4 Å². The van der Waals surface area contributed by atoms with Crippen LogP contribution in [0.5, 0.6) is 0 Å². The van der Waals surface area contributed by atoms with Crippen LogP contribution in [-0.2, 0) is 36.1 Å². The summed E-state index contributed by atoms with van der Waals surface area (Å²) in [5.74, 6) is 0. The summed E-state index contributed by atoms with van der Waals surface area (Å²) >= 11 is -8.26. The quantitative estimate of drug-likeness (QED) is 0.146. The van der Waals surface area contributed by atoms with Crippen LogP contribution in [0.3, 0.4) is 0 Å².